The fraction of sp³-hybridized carbons (Fsp3) is 0.579. The lowest BCUT2D eigenvalue weighted by atomic mass is 9.84. The van der Waals surface area contributed by atoms with Gasteiger partial charge in [-0.05, 0) is 43.8 Å². The number of benzene rings is 1. The Morgan fingerprint density at radius 3 is 2.79 bits per heavy atom. The monoisotopic (exact) mass is 329 g/mol. The van der Waals surface area contributed by atoms with E-state index >= 15 is 0 Å². The first-order valence-corrected chi connectivity index (χ1v) is 8.96. The van der Waals surface area contributed by atoms with Crippen molar-refractivity contribution in [2.45, 2.75) is 31.7 Å². The second kappa shape index (κ2) is 7.79. The maximum atomic E-state index is 12.8. The third-order valence-electron chi connectivity index (χ3n) is 5.30. The van der Waals surface area contributed by atoms with Crippen molar-refractivity contribution in [3.8, 4) is 0 Å². The van der Waals surface area contributed by atoms with Crippen LogP contribution in [0.3, 0.4) is 0 Å². The molecule has 2 aliphatic heterocycles. The normalized spacial score (nSPS) is 27.8. The van der Waals surface area contributed by atoms with Gasteiger partial charge < -0.3 is 15.5 Å². The molecule has 0 saturated carbocycles. The molecule has 0 aliphatic carbocycles. The summed E-state index contributed by atoms with van der Waals surface area (Å²) < 4.78 is 0. The van der Waals surface area contributed by atoms with E-state index in [1.807, 2.05) is 37.4 Å². The largest absolute Gasteiger partial charge is 0.355 e. The summed E-state index contributed by atoms with van der Waals surface area (Å²) in [5.41, 5.74) is 1.03. The van der Waals surface area contributed by atoms with E-state index in [1.54, 1.807) is 4.90 Å². The van der Waals surface area contributed by atoms with Crippen LogP contribution in [0.1, 0.15) is 37.3 Å². The first-order chi connectivity index (χ1) is 11.7. The second-order valence-corrected chi connectivity index (χ2v) is 6.96. The van der Waals surface area contributed by atoms with Gasteiger partial charge in [0.05, 0.1) is 12.0 Å². The molecule has 1 aromatic rings. The lowest BCUT2D eigenvalue weighted by Crippen LogP contribution is -2.47. The van der Waals surface area contributed by atoms with Crippen molar-refractivity contribution >= 4 is 11.8 Å². The highest BCUT2D eigenvalue weighted by molar-refractivity contribution is 5.84. The molecule has 2 fully saturated rings. The summed E-state index contributed by atoms with van der Waals surface area (Å²) in [4.78, 5) is 26.7. The summed E-state index contributed by atoms with van der Waals surface area (Å²) in [5.74, 6) is 0.533. The van der Waals surface area contributed by atoms with Gasteiger partial charge in [0, 0.05) is 20.0 Å². The number of hydrogen-bond acceptors (Lipinski definition) is 3. The minimum absolute atomic E-state index is 0.0776. The van der Waals surface area contributed by atoms with E-state index in [1.165, 1.54) is 12.8 Å². The topological polar surface area (TPSA) is 61.4 Å². The highest BCUT2D eigenvalue weighted by Gasteiger charge is 2.38. The molecule has 0 aromatic heterocycles. The summed E-state index contributed by atoms with van der Waals surface area (Å²) in [6.07, 6.45) is 3.41. The van der Waals surface area contributed by atoms with Crippen LogP contribution in [0.4, 0.5) is 0 Å². The Labute approximate surface area is 143 Å². The van der Waals surface area contributed by atoms with Gasteiger partial charge in [-0.1, -0.05) is 30.3 Å². The maximum Gasteiger partial charge on any atom is 0.225 e. The van der Waals surface area contributed by atoms with Crippen molar-refractivity contribution in [3.63, 3.8) is 0 Å². The van der Waals surface area contributed by atoms with E-state index in [4.69, 9.17) is 0 Å². The van der Waals surface area contributed by atoms with E-state index in [2.05, 4.69) is 10.6 Å². The van der Waals surface area contributed by atoms with Gasteiger partial charge in [0.15, 0.2) is 0 Å². The quantitative estimate of drug-likeness (QED) is 0.884. The minimum Gasteiger partial charge on any atom is -0.355 e. The zero-order chi connectivity index (χ0) is 16.9. The fourth-order valence-electron chi connectivity index (χ4n) is 3.89. The second-order valence-electron chi connectivity index (χ2n) is 6.96. The van der Waals surface area contributed by atoms with Crippen LogP contribution in [-0.2, 0) is 9.59 Å². The number of carbonyl (C=O) groups is 2. The molecular weight excluding hydrogens is 302 g/mol. The van der Waals surface area contributed by atoms with E-state index in [0.29, 0.717) is 18.8 Å². The molecule has 5 nitrogen and oxygen atoms in total. The zero-order valence-corrected chi connectivity index (χ0v) is 14.3. The average molecular weight is 329 g/mol. The Morgan fingerprint density at radius 2 is 2.08 bits per heavy atom. The van der Waals surface area contributed by atoms with Crippen LogP contribution in [-0.4, -0.2) is 43.4 Å². The molecule has 2 amide bonds. The van der Waals surface area contributed by atoms with Gasteiger partial charge in [-0.15, -0.1) is 0 Å². The van der Waals surface area contributed by atoms with Crippen molar-refractivity contribution in [1.29, 1.82) is 0 Å². The molecule has 2 heterocycles. The molecule has 0 spiro atoms. The van der Waals surface area contributed by atoms with Gasteiger partial charge >= 0.3 is 0 Å². The van der Waals surface area contributed by atoms with E-state index < -0.39 is 0 Å². The van der Waals surface area contributed by atoms with E-state index in [9.17, 15) is 9.59 Å². The van der Waals surface area contributed by atoms with Crippen LogP contribution < -0.4 is 10.6 Å². The highest BCUT2D eigenvalue weighted by atomic mass is 16.2. The standard InChI is InChI=1S/C19H27N3O2/c1-22-17(23)10-9-16(18(22)15-7-3-2-4-8-15)19(24)21-13-14-6-5-11-20-12-14/h2-4,7-8,14,16,18,20H,5-6,9-13H2,1H3,(H,21,24). The molecule has 2 saturated heterocycles. The number of nitrogens with zero attached hydrogens (tertiary/aromatic N) is 1. The van der Waals surface area contributed by atoms with Crippen molar-refractivity contribution in [2.75, 3.05) is 26.7 Å². The van der Waals surface area contributed by atoms with Crippen molar-refractivity contribution < 1.29 is 9.59 Å². The van der Waals surface area contributed by atoms with Crippen molar-refractivity contribution in [2.24, 2.45) is 11.8 Å². The molecule has 2 N–H and O–H groups in total. The SMILES string of the molecule is CN1C(=O)CCC(C(=O)NCC2CCCNC2)C1c1ccccc1. The molecule has 3 rings (SSSR count). The van der Waals surface area contributed by atoms with Gasteiger partial charge in [-0.3, -0.25) is 9.59 Å². The van der Waals surface area contributed by atoms with Gasteiger partial charge in [-0.2, -0.15) is 0 Å². The smallest absolute Gasteiger partial charge is 0.225 e. The van der Waals surface area contributed by atoms with Gasteiger partial charge in [0.2, 0.25) is 11.8 Å². The Hall–Kier alpha value is -1.88. The predicted octanol–water partition coefficient (Wildman–Crippen LogP) is 1.71. The summed E-state index contributed by atoms with van der Waals surface area (Å²) in [6, 6.07) is 9.72. The summed E-state index contributed by atoms with van der Waals surface area (Å²) in [5, 5.41) is 6.52. The predicted molar refractivity (Wildman–Crippen MR) is 93.3 cm³/mol. The Morgan fingerprint density at radius 1 is 1.29 bits per heavy atom. The summed E-state index contributed by atoms with van der Waals surface area (Å²) in [6.45, 7) is 2.78. The lowest BCUT2D eigenvalue weighted by Gasteiger charge is -2.38. The highest BCUT2D eigenvalue weighted by Crippen LogP contribution is 2.35. The molecule has 0 bridgehead atoms. The van der Waals surface area contributed by atoms with Gasteiger partial charge in [-0.25, -0.2) is 0 Å². The number of nitrogens with one attached hydrogen (secondary N) is 2. The van der Waals surface area contributed by atoms with Crippen molar-refractivity contribution in [1.82, 2.24) is 15.5 Å². The Balaban J connectivity index is 1.69. The van der Waals surface area contributed by atoms with Crippen LogP contribution in [0.2, 0.25) is 0 Å². The van der Waals surface area contributed by atoms with E-state index in [0.717, 1.165) is 25.2 Å². The molecule has 5 heteroatoms. The molecule has 0 radical (unpaired) electrons. The number of hydrogen-bond donors (Lipinski definition) is 2. The number of piperidine rings is 2. The third-order valence-corrected chi connectivity index (χ3v) is 5.30. The summed E-state index contributed by atoms with van der Waals surface area (Å²) >= 11 is 0. The number of rotatable bonds is 4. The van der Waals surface area contributed by atoms with Crippen LogP contribution in [0.15, 0.2) is 30.3 Å². The average Bonchev–Trinajstić information content (AvgIpc) is 2.63. The Kier molecular flexibility index (Phi) is 5.51. The van der Waals surface area contributed by atoms with Crippen LogP contribution in [0.5, 0.6) is 0 Å². The fourth-order valence-corrected chi connectivity index (χ4v) is 3.89. The Bertz CT molecular complexity index is 569. The molecule has 24 heavy (non-hydrogen) atoms. The maximum absolute atomic E-state index is 12.8. The zero-order valence-electron chi connectivity index (χ0n) is 14.3. The lowest BCUT2D eigenvalue weighted by molar-refractivity contribution is -0.141. The summed E-state index contributed by atoms with van der Waals surface area (Å²) in [7, 11) is 1.81. The number of amides is 2. The molecule has 3 atom stereocenters. The van der Waals surface area contributed by atoms with Gasteiger partial charge in [0.1, 0.15) is 0 Å². The van der Waals surface area contributed by atoms with Crippen LogP contribution in [0, 0.1) is 11.8 Å². The minimum atomic E-state index is -0.174. The molecular formula is C19H27N3O2. The first kappa shape index (κ1) is 17.0. The number of carbonyl (C=O) groups excluding carboxylic acids is 2. The van der Waals surface area contributed by atoms with Gasteiger partial charge in [0.25, 0.3) is 0 Å². The third kappa shape index (κ3) is 3.78. The van der Waals surface area contributed by atoms with Crippen LogP contribution >= 0.6 is 0 Å². The first-order valence-electron chi connectivity index (χ1n) is 8.96. The van der Waals surface area contributed by atoms with E-state index in [-0.39, 0.29) is 23.8 Å². The molecule has 3 unspecified atom stereocenters. The number of likely N-dealkylation sites (tertiary alicyclic amines) is 1. The van der Waals surface area contributed by atoms with Crippen LogP contribution in [0.25, 0.3) is 0 Å². The molecule has 2 aliphatic rings. The van der Waals surface area contributed by atoms with Crippen molar-refractivity contribution in [3.05, 3.63) is 35.9 Å². The molecule has 130 valence electrons. The molecule has 1 aromatic carbocycles.